The van der Waals surface area contributed by atoms with Gasteiger partial charge in [0.1, 0.15) is 0 Å². The Hall–Kier alpha value is -0.120. The topological polar surface area (TPSA) is 24.5 Å². The van der Waals surface area contributed by atoms with Crippen LogP contribution < -0.4 is 5.32 Å². The minimum atomic E-state index is 0.374. The molecule has 1 saturated heterocycles. The van der Waals surface area contributed by atoms with Crippen molar-refractivity contribution in [1.82, 2.24) is 10.2 Å². The Bertz CT molecular complexity index is 195. The summed E-state index contributed by atoms with van der Waals surface area (Å²) in [6.07, 6.45) is 1.20. The van der Waals surface area contributed by atoms with Crippen LogP contribution in [0.2, 0.25) is 0 Å². The monoisotopic (exact) mass is 228 g/mol. The van der Waals surface area contributed by atoms with E-state index in [2.05, 4.69) is 45.1 Å². The van der Waals surface area contributed by atoms with Crippen LogP contribution in [0.25, 0.3) is 0 Å². The summed E-state index contributed by atoms with van der Waals surface area (Å²) in [5.74, 6) is 0.687. The molecule has 16 heavy (non-hydrogen) atoms. The first-order valence-corrected chi connectivity index (χ1v) is 6.36. The van der Waals surface area contributed by atoms with Crippen LogP contribution >= 0.6 is 0 Å². The summed E-state index contributed by atoms with van der Waals surface area (Å²) in [5, 5.41) is 3.44. The maximum absolute atomic E-state index is 5.46. The number of likely N-dealkylation sites (N-methyl/N-ethyl adjacent to an activating group) is 2. The van der Waals surface area contributed by atoms with Gasteiger partial charge in [-0.1, -0.05) is 20.8 Å². The van der Waals surface area contributed by atoms with E-state index in [9.17, 15) is 0 Å². The van der Waals surface area contributed by atoms with Gasteiger partial charge in [-0.15, -0.1) is 0 Å². The zero-order valence-electron chi connectivity index (χ0n) is 11.5. The zero-order chi connectivity index (χ0) is 12.2. The highest BCUT2D eigenvalue weighted by Crippen LogP contribution is 2.19. The molecule has 1 fully saturated rings. The highest BCUT2D eigenvalue weighted by molar-refractivity contribution is 4.81. The lowest BCUT2D eigenvalue weighted by Gasteiger charge is -2.31. The van der Waals surface area contributed by atoms with Gasteiger partial charge in [0.2, 0.25) is 0 Å². The van der Waals surface area contributed by atoms with E-state index in [0.29, 0.717) is 17.4 Å². The summed E-state index contributed by atoms with van der Waals surface area (Å²) in [5.41, 5.74) is 0.374. The maximum Gasteiger partial charge on any atom is 0.0510 e. The molecule has 0 amide bonds. The lowest BCUT2D eigenvalue weighted by Crippen LogP contribution is -2.45. The Kier molecular flexibility index (Phi) is 5.22. The van der Waals surface area contributed by atoms with Crippen LogP contribution in [0.4, 0.5) is 0 Å². The summed E-state index contributed by atoms with van der Waals surface area (Å²) in [7, 11) is 4.28. The van der Waals surface area contributed by atoms with E-state index in [0.717, 1.165) is 26.3 Å². The van der Waals surface area contributed by atoms with Crippen LogP contribution in [0.3, 0.4) is 0 Å². The van der Waals surface area contributed by atoms with Gasteiger partial charge < -0.3 is 15.0 Å². The van der Waals surface area contributed by atoms with Crippen molar-refractivity contribution in [3.63, 3.8) is 0 Å². The number of ether oxygens (including phenoxy) is 1. The molecule has 0 spiro atoms. The highest BCUT2D eigenvalue weighted by Gasteiger charge is 2.26. The smallest absolute Gasteiger partial charge is 0.0510 e. The fourth-order valence-corrected chi connectivity index (χ4v) is 2.56. The van der Waals surface area contributed by atoms with E-state index in [1.165, 1.54) is 6.42 Å². The first-order valence-electron chi connectivity index (χ1n) is 6.36. The minimum Gasteiger partial charge on any atom is -0.381 e. The van der Waals surface area contributed by atoms with Crippen molar-refractivity contribution in [1.29, 1.82) is 0 Å². The third-order valence-electron chi connectivity index (χ3n) is 3.16. The predicted molar refractivity (Wildman–Crippen MR) is 68.7 cm³/mol. The lowest BCUT2D eigenvalue weighted by atomic mass is 9.94. The number of nitrogens with one attached hydrogen (secondary N) is 1. The zero-order valence-corrected chi connectivity index (χ0v) is 11.5. The molecule has 3 nitrogen and oxygen atoms in total. The first kappa shape index (κ1) is 13.9. The van der Waals surface area contributed by atoms with Gasteiger partial charge in [-0.25, -0.2) is 0 Å². The van der Waals surface area contributed by atoms with E-state index < -0.39 is 0 Å². The van der Waals surface area contributed by atoms with Crippen molar-refractivity contribution < 1.29 is 4.74 Å². The Morgan fingerprint density at radius 1 is 1.44 bits per heavy atom. The fourth-order valence-electron chi connectivity index (χ4n) is 2.56. The van der Waals surface area contributed by atoms with Crippen molar-refractivity contribution in [3.05, 3.63) is 0 Å². The molecule has 1 aliphatic rings. The molecule has 0 radical (unpaired) electrons. The normalized spacial score (nSPS) is 24.0. The van der Waals surface area contributed by atoms with Crippen LogP contribution in [0.15, 0.2) is 0 Å². The third kappa shape index (κ3) is 4.81. The second kappa shape index (κ2) is 5.99. The van der Waals surface area contributed by atoms with Gasteiger partial charge in [-0.3, -0.25) is 0 Å². The predicted octanol–water partition coefficient (Wildman–Crippen LogP) is 1.59. The quantitative estimate of drug-likeness (QED) is 0.773. The molecule has 1 N–H and O–H groups in total. The van der Waals surface area contributed by atoms with Gasteiger partial charge in [0.15, 0.2) is 0 Å². The molecule has 1 rings (SSSR count). The van der Waals surface area contributed by atoms with Gasteiger partial charge in [-0.2, -0.15) is 0 Å². The summed E-state index contributed by atoms with van der Waals surface area (Å²) >= 11 is 0. The van der Waals surface area contributed by atoms with Gasteiger partial charge in [0.05, 0.1) is 6.61 Å². The molecule has 0 saturated carbocycles. The van der Waals surface area contributed by atoms with E-state index in [4.69, 9.17) is 4.74 Å². The molecular formula is C13H28N2O. The SMILES string of the molecule is CNC(CN(C)CC(C)(C)C)C1CCOC1. The average molecular weight is 228 g/mol. The van der Waals surface area contributed by atoms with Crippen molar-refractivity contribution in [2.24, 2.45) is 11.3 Å². The summed E-state index contributed by atoms with van der Waals surface area (Å²) < 4.78 is 5.46. The largest absolute Gasteiger partial charge is 0.381 e. The van der Waals surface area contributed by atoms with E-state index in [-0.39, 0.29) is 0 Å². The maximum atomic E-state index is 5.46. The summed E-state index contributed by atoms with van der Waals surface area (Å²) in [6.45, 7) is 11.0. The van der Waals surface area contributed by atoms with Crippen LogP contribution in [-0.4, -0.2) is 51.3 Å². The third-order valence-corrected chi connectivity index (χ3v) is 3.16. The fraction of sp³-hybridized carbons (Fsp3) is 1.00. The molecule has 0 aromatic heterocycles. The van der Waals surface area contributed by atoms with Gasteiger partial charge in [-0.05, 0) is 25.9 Å². The first-order chi connectivity index (χ1) is 7.42. The molecule has 2 unspecified atom stereocenters. The van der Waals surface area contributed by atoms with Gasteiger partial charge >= 0.3 is 0 Å². The van der Waals surface area contributed by atoms with E-state index in [1.54, 1.807) is 0 Å². The number of nitrogens with zero attached hydrogens (tertiary/aromatic N) is 1. The molecule has 3 heteroatoms. The van der Waals surface area contributed by atoms with Crippen LogP contribution in [-0.2, 0) is 4.74 Å². The Morgan fingerprint density at radius 3 is 2.56 bits per heavy atom. The van der Waals surface area contributed by atoms with Crippen molar-refractivity contribution in [2.75, 3.05) is 40.4 Å². The number of rotatable bonds is 5. The molecule has 0 bridgehead atoms. The number of hydrogen-bond donors (Lipinski definition) is 1. The molecule has 96 valence electrons. The van der Waals surface area contributed by atoms with Crippen molar-refractivity contribution in [3.8, 4) is 0 Å². The van der Waals surface area contributed by atoms with Crippen molar-refractivity contribution in [2.45, 2.75) is 33.2 Å². The molecular weight excluding hydrogens is 200 g/mol. The molecule has 1 heterocycles. The Morgan fingerprint density at radius 2 is 2.12 bits per heavy atom. The molecule has 1 aliphatic heterocycles. The minimum absolute atomic E-state index is 0.374. The molecule has 0 aliphatic carbocycles. The average Bonchev–Trinajstić information content (AvgIpc) is 2.63. The molecule has 0 aromatic rings. The summed E-state index contributed by atoms with van der Waals surface area (Å²) in [6, 6.07) is 0.565. The van der Waals surface area contributed by atoms with Crippen LogP contribution in [0, 0.1) is 11.3 Å². The molecule has 0 aromatic carbocycles. The standard InChI is InChI=1S/C13H28N2O/c1-13(2,3)10-15(5)8-12(14-4)11-6-7-16-9-11/h11-12,14H,6-10H2,1-5H3. The van der Waals surface area contributed by atoms with E-state index in [1.807, 2.05) is 0 Å². The second-order valence-corrected chi connectivity index (χ2v) is 6.28. The van der Waals surface area contributed by atoms with Crippen LogP contribution in [0.1, 0.15) is 27.2 Å². The summed E-state index contributed by atoms with van der Waals surface area (Å²) in [4.78, 5) is 2.43. The van der Waals surface area contributed by atoms with Crippen LogP contribution in [0.5, 0.6) is 0 Å². The van der Waals surface area contributed by atoms with Gasteiger partial charge in [0, 0.05) is 31.7 Å². The van der Waals surface area contributed by atoms with E-state index >= 15 is 0 Å². The number of hydrogen-bond acceptors (Lipinski definition) is 3. The van der Waals surface area contributed by atoms with Gasteiger partial charge in [0.25, 0.3) is 0 Å². The second-order valence-electron chi connectivity index (χ2n) is 6.28. The van der Waals surface area contributed by atoms with Crippen molar-refractivity contribution >= 4 is 0 Å². The lowest BCUT2D eigenvalue weighted by molar-refractivity contribution is 0.158. The molecule has 2 atom stereocenters. The Labute approximate surface area is 101 Å². The highest BCUT2D eigenvalue weighted by atomic mass is 16.5. The Balaban J connectivity index is 2.37.